The summed E-state index contributed by atoms with van der Waals surface area (Å²) in [7, 11) is 1.54. The van der Waals surface area contributed by atoms with Gasteiger partial charge in [0.05, 0.1) is 5.56 Å². The fourth-order valence-corrected chi connectivity index (χ4v) is 1.69. The SMILES string of the molecule is CNC(=O)C1Cc2cc(C(=O)O)ccc2O1. The molecule has 1 aliphatic heterocycles. The Labute approximate surface area is 92.0 Å². The number of carbonyl (C=O) groups is 2. The second-order valence-electron chi connectivity index (χ2n) is 3.55. The van der Waals surface area contributed by atoms with Crippen molar-refractivity contribution in [3.63, 3.8) is 0 Å². The molecule has 0 saturated heterocycles. The Morgan fingerprint density at radius 1 is 1.50 bits per heavy atom. The number of hydrogen-bond donors (Lipinski definition) is 2. The number of amides is 1. The van der Waals surface area contributed by atoms with Crippen LogP contribution < -0.4 is 10.1 Å². The van der Waals surface area contributed by atoms with Crippen LogP contribution in [0, 0.1) is 0 Å². The Balaban J connectivity index is 2.24. The summed E-state index contributed by atoms with van der Waals surface area (Å²) < 4.78 is 5.39. The van der Waals surface area contributed by atoms with E-state index in [4.69, 9.17) is 9.84 Å². The maximum atomic E-state index is 11.3. The molecule has 5 nitrogen and oxygen atoms in total. The molecule has 0 bridgehead atoms. The monoisotopic (exact) mass is 221 g/mol. The van der Waals surface area contributed by atoms with E-state index in [-0.39, 0.29) is 11.5 Å². The number of likely N-dealkylation sites (N-methyl/N-ethyl adjacent to an activating group) is 1. The smallest absolute Gasteiger partial charge is 0.335 e. The lowest BCUT2D eigenvalue weighted by Gasteiger charge is -2.07. The number of carboxylic acids is 1. The molecule has 1 unspecified atom stereocenters. The number of carboxylic acid groups (broad SMARTS) is 1. The van der Waals surface area contributed by atoms with Crippen molar-refractivity contribution in [3.8, 4) is 5.75 Å². The molecule has 1 atom stereocenters. The first-order valence-electron chi connectivity index (χ1n) is 4.86. The lowest BCUT2D eigenvalue weighted by atomic mass is 10.1. The number of hydrogen-bond acceptors (Lipinski definition) is 3. The van der Waals surface area contributed by atoms with Gasteiger partial charge in [0.2, 0.25) is 0 Å². The Morgan fingerprint density at radius 3 is 2.88 bits per heavy atom. The summed E-state index contributed by atoms with van der Waals surface area (Å²) in [6.45, 7) is 0. The Bertz CT molecular complexity index is 455. The lowest BCUT2D eigenvalue weighted by molar-refractivity contribution is -0.126. The lowest BCUT2D eigenvalue weighted by Crippen LogP contribution is -2.34. The molecule has 2 N–H and O–H groups in total. The maximum absolute atomic E-state index is 11.3. The molecule has 0 radical (unpaired) electrons. The first-order chi connectivity index (χ1) is 7.61. The van der Waals surface area contributed by atoms with E-state index in [9.17, 15) is 9.59 Å². The van der Waals surface area contributed by atoms with Gasteiger partial charge in [-0.2, -0.15) is 0 Å². The zero-order chi connectivity index (χ0) is 11.7. The Hall–Kier alpha value is -2.04. The highest BCUT2D eigenvalue weighted by Gasteiger charge is 2.28. The third kappa shape index (κ3) is 1.71. The van der Waals surface area contributed by atoms with Crippen LogP contribution in [0.5, 0.6) is 5.75 Å². The highest BCUT2D eigenvalue weighted by Crippen LogP contribution is 2.29. The van der Waals surface area contributed by atoms with E-state index in [1.807, 2.05) is 0 Å². The third-order valence-corrected chi connectivity index (χ3v) is 2.52. The van der Waals surface area contributed by atoms with Crippen molar-refractivity contribution in [2.75, 3.05) is 7.05 Å². The zero-order valence-electron chi connectivity index (χ0n) is 8.69. The van der Waals surface area contributed by atoms with E-state index in [2.05, 4.69) is 5.32 Å². The predicted molar refractivity (Wildman–Crippen MR) is 55.6 cm³/mol. The van der Waals surface area contributed by atoms with E-state index >= 15 is 0 Å². The summed E-state index contributed by atoms with van der Waals surface area (Å²) in [5, 5.41) is 11.3. The molecule has 1 amide bonds. The van der Waals surface area contributed by atoms with Crippen molar-refractivity contribution in [1.82, 2.24) is 5.32 Å². The molecule has 5 heteroatoms. The van der Waals surface area contributed by atoms with Crippen LogP contribution >= 0.6 is 0 Å². The molecule has 2 rings (SSSR count). The topological polar surface area (TPSA) is 75.6 Å². The van der Waals surface area contributed by atoms with Gasteiger partial charge in [0.1, 0.15) is 5.75 Å². The molecule has 1 aliphatic rings. The molecule has 0 fully saturated rings. The summed E-state index contributed by atoms with van der Waals surface area (Å²) >= 11 is 0. The summed E-state index contributed by atoms with van der Waals surface area (Å²) in [6.07, 6.45) is -0.139. The van der Waals surface area contributed by atoms with Crippen molar-refractivity contribution < 1.29 is 19.4 Å². The highest BCUT2D eigenvalue weighted by atomic mass is 16.5. The van der Waals surface area contributed by atoms with Gasteiger partial charge in [0.25, 0.3) is 5.91 Å². The van der Waals surface area contributed by atoms with Gasteiger partial charge in [-0.1, -0.05) is 0 Å². The van der Waals surface area contributed by atoms with Crippen LogP contribution in [0.25, 0.3) is 0 Å². The average molecular weight is 221 g/mol. The van der Waals surface area contributed by atoms with Crippen molar-refractivity contribution in [1.29, 1.82) is 0 Å². The quantitative estimate of drug-likeness (QED) is 0.759. The molecular formula is C11H11NO4. The summed E-state index contributed by atoms with van der Waals surface area (Å²) in [5.41, 5.74) is 0.966. The van der Waals surface area contributed by atoms with Gasteiger partial charge in [-0.15, -0.1) is 0 Å². The number of aromatic carboxylic acids is 1. The Morgan fingerprint density at radius 2 is 2.25 bits per heavy atom. The first kappa shape index (κ1) is 10.5. The van der Waals surface area contributed by atoms with Crippen molar-refractivity contribution >= 4 is 11.9 Å². The number of carbonyl (C=O) groups excluding carboxylic acids is 1. The van der Waals surface area contributed by atoms with Gasteiger partial charge >= 0.3 is 5.97 Å². The number of nitrogens with one attached hydrogen (secondary N) is 1. The number of ether oxygens (including phenoxy) is 1. The minimum Gasteiger partial charge on any atom is -0.480 e. The first-order valence-corrected chi connectivity index (χ1v) is 4.86. The van der Waals surface area contributed by atoms with Crippen LogP contribution in [-0.2, 0) is 11.2 Å². The van der Waals surface area contributed by atoms with Crippen LogP contribution in [0.4, 0.5) is 0 Å². The molecule has 0 aliphatic carbocycles. The van der Waals surface area contributed by atoms with Crippen LogP contribution in [-0.4, -0.2) is 30.1 Å². The molecule has 1 heterocycles. The van der Waals surface area contributed by atoms with Gasteiger partial charge in [0, 0.05) is 13.5 Å². The molecule has 0 aromatic heterocycles. The highest BCUT2D eigenvalue weighted by molar-refractivity contribution is 5.88. The fourth-order valence-electron chi connectivity index (χ4n) is 1.69. The summed E-state index contributed by atoms with van der Waals surface area (Å²) in [6, 6.07) is 4.59. The molecule has 0 spiro atoms. The van der Waals surface area contributed by atoms with Crippen LogP contribution in [0.15, 0.2) is 18.2 Å². The van der Waals surface area contributed by atoms with E-state index < -0.39 is 12.1 Å². The second kappa shape index (κ2) is 3.84. The number of rotatable bonds is 2. The molecule has 84 valence electrons. The van der Waals surface area contributed by atoms with Gasteiger partial charge in [0.15, 0.2) is 6.10 Å². The minimum absolute atomic E-state index is 0.201. The molecule has 1 aromatic rings. The zero-order valence-corrected chi connectivity index (χ0v) is 8.69. The van der Waals surface area contributed by atoms with Gasteiger partial charge in [-0.3, -0.25) is 4.79 Å². The third-order valence-electron chi connectivity index (χ3n) is 2.52. The van der Waals surface area contributed by atoms with Gasteiger partial charge in [-0.05, 0) is 23.8 Å². The number of fused-ring (bicyclic) bond motifs is 1. The summed E-state index contributed by atoms with van der Waals surface area (Å²) in [5.74, 6) is -0.599. The minimum atomic E-state index is -0.980. The van der Waals surface area contributed by atoms with E-state index in [0.717, 1.165) is 5.56 Å². The maximum Gasteiger partial charge on any atom is 0.335 e. The number of benzene rings is 1. The van der Waals surface area contributed by atoms with Crippen LogP contribution in [0.3, 0.4) is 0 Å². The van der Waals surface area contributed by atoms with Crippen LogP contribution in [0.1, 0.15) is 15.9 Å². The molecule has 1 aromatic carbocycles. The largest absolute Gasteiger partial charge is 0.480 e. The second-order valence-corrected chi connectivity index (χ2v) is 3.55. The normalized spacial score (nSPS) is 17.4. The standard InChI is InChI=1S/C11H11NO4/c1-12-10(13)9-5-7-4-6(11(14)15)2-3-8(7)16-9/h2-4,9H,5H2,1H3,(H,12,13)(H,14,15). The molecule has 16 heavy (non-hydrogen) atoms. The summed E-state index contributed by atoms with van der Waals surface area (Å²) in [4.78, 5) is 22.1. The van der Waals surface area contributed by atoms with Gasteiger partial charge in [-0.25, -0.2) is 4.79 Å². The van der Waals surface area contributed by atoms with Crippen LogP contribution in [0.2, 0.25) is 0 Å². The molecule has 0 saturated carbocycles. The predicted octanol–water partition coefficient (Wildman–Crippen LogP) is 0.434. The van der Waals surface area contributed by atoms with E-state index in [1.165, 1.54) is 13.1 Å². The molecular weight excluding hydrogens is 210 g/mol. The Kier molecular flexibility index (Phi) is 2.52. The van der Waals surface area contributed by atoms with Crippen molar-refractivity contribution in [3.05, 3.63) is 29.3 Å². The van der Waals surface area contributed by atoms with Crippen molar-refractivity contribution in [2.24, 2.45) is 0 Å². The fraction of sp³-hybridized carbons (Fsp3) is 0.273. The van der Waals surface area contributed by atoms with E-state index in [0.29, 0.717) is 12.2 Å². The van der Waals surface area contributed by atoms with E-state index in [1.54, 1.807) is 12.1 Å². The van der Waals surface area contributed by atoms with Gasteiger partial charge < -0.3 is 15.2 Å². The average Bonchev–Trinajstić information content (AvgIpc) is 2.70. The van der Waals surface area contributed by atoms with Crippen molar-refractivity contribution in [2.45, 2.75) is 12.5 Å².